The lowest BCUT2D eigenvalue weighted by Gasteiger charge is -2.43. The van der Waals surface area contributed by atoms with Crippen molar-refractivity contribution in [2.75, 3.05) is 6.61 Å². The van der Waals surface area contributed by atoms with Crippen molar-refractivity contribution >= 4 is 5.97 Å². The molecule has 0 aliphatic heterocycles. The summed E-state index contributed by atoms with van der Waals surface area (Å²) in [5.41, 5.74) is 3.42. The molecule has 0 spiro atoms. The van der Waals surface area contributed by atoms with Gasteiger partial charge in [-0.1, -0.05) is 75.7 Å². The summed E-state index contributed by atoms with van der Waals surface area (Å²) in [5.74, 6) is -0.770. The monoisotopic (exact) mass is 632 g/mol. The Balaban J connectivity index is 1.73. The first-order valence-corrected chi connectivity index (χ1v) is 16.0. The van der Waals surface area contributed by atoms with Crippen molar-refractivity contribution in [3.8, 4) is 46.8 Å². The smallest absolute Gasteiger partial charge is 0.308 e. The Bertz CT molecular complexity index is 2150. The first-order chi connectivity index (χ1) is 23.2. The van der Waals surface area contributed by atoms with Crippen molar-refractivity contribution in [1.29, 1.82) is 21.0 Å². The summed E-state index contributed by atoms with van der Waals surface area (Å²) >= 11 is 0. The van der Waals surface area contributed by atoms with Gasteiger partial charge < -0.3 is 4.74 Å². The van der Waals surface area contributed by atoms with Crippen molar-refractivity contribution in [3.05, 3.63) is 93.8 Å². The number of hydrogen-bond donors (Lipinski definition) is 0. The predicted octanol–water partition coefficient (Wildman–Crippen LogP) is 6.40. The Kier molecular flexibility index (Phi) is 8.22. The maximum atomic E-state index is 13.4. The van der Waals surface area contributed by atoms with Crippen LogP contribution in [0.4, 0.5) is 0 Å². The molecule has 0 saturated carbocycles. The van der Waals surface area contributed by atoms with E-state index in [9.17, 15) is 25.8 Å². The van der Waals surface area contributed by atoms with Gasteiger partial charge in [0.25, 0.3) is 0 Å². The zero-order valence-corrected chi connectivity index (χ0v) is 27.2. The van der Waals surface area contributed by atoms with Crippen LogP contribution in [0.3, 0.4) is 0 Å². The Morgan fingerprint density at radius 1 is 0.708 bits per heavy atom. The first kappa shape index (κ1) is 32.0. The molecule has 0 saturated heterocycles. The fraction of sp³-hybridized carbons (Fsp3) is 0.342. The number of nitriles is 4. The third kappa shape index (κ3) is 4.77. The molecule has 4 aromatic rings. The summed E-state index contributed by atoms with van der Waals surface area (Å²) in [4.78, 5) is 32.6. The number of carbonyl (C=O) groups excluding carboxylic acids is 1. The SMILES string of the molecule is CCOC(=O)C(C)CC1(CC2(CC(C)CC)c3ccccc3-c3nc(C#N)c(C#N)nc32)c2ccccc2-c2nc(C#N)c(C#N)nc21. The van der Waals surface area contributed by atoms with Crippen LogP contribution in [-0.4, -0.2) is 32.5 Å². The molecule has 0 fully saturated rings. The lowest BCUT2D eigenvalue weighted by molar-refractivity contribution is -0.148. The van der Waals surface area contributed by atoms with Crippen molar-refractivity contribution in [1.82, 2.24) is 19.9 Å². The summed E-state index contributed by atoms with van der Waals surface area (Å²) in [6, 6.07) is 23.9. The van der Waals surface area contributed by atoms with Crippen LogP contribution in [-0.2, 0) is 20.4 Å². The highest BCUT2D eigenvalue weighted by Gasteiger charge is 2.56. The molecule has 10 nitrogen and oxygen atoms in total. The van der Waals surface area contributed by atoms with Gasteiger partial charge in [-0.3, -0.25) is 4.79 Å². The predicted molar refractivity (Wildman–Crippen MR) is 174 cm³/mol. The fourth-order valence-electron chi connectivity index (χ4n) is 7.75. The van der Waals surface area contributed by atoms with E-state index in [0.717, 1.165) is 28.7 Å². The van der Waals surface area contributed by atoms with Crippen molar-refractivity contribution in [2.24, 2.45) is 11.8 Å². The summed E-state index contributed by atoms with van der Waals surface area (Å²) in [6.45, 7) is 8.11. The van der Waals surface area contributed by atoms with Crippen LogP contribution >= 0.6 is 0 Å². The third-order valence-electron chi connectivity index (χ3n) is 9.86. The lowest BCUT2D eigenvalue weighted by atomic mass is 9.59. The molecule has 48 heavy (non-hydrogen) atoms. The Morgan fingerprint density at radius 3 is 1.58 bits per heavy atom. The molecular formula is C38H32N8O2. The molecule has 2 aliphatic carbocycles. The summed E-state index contributed by atoms with van der Waals surface area (Å²) in [5, 5.41) is 40.0. The van der Waals surface area contributed by atoms with Gasteiger partial charge in [0.05, 0.1) is 35.3 Å². The van der Waals surface area contributed by atoms with E-state index in [4.69, 9.17) is 24.7 Å². The van der Waals surface area contributed by atoms with Crippen LogP contribution in [0.5, 0.6) is 0 Å². The van der Waals surface area contributed by atoms with Gasteiger partial charge in [-0.2, -0.15) is 21.0 Å². The number of nitrogens with zero attached hydrogens (tertiary/aromatic N) is 8. The van der Waals surface area contributed by atoms with Gasteiger partial charge in [0.1, 0.15) is 24.3 Å². The zero-order valence-electron chi connectivity index (χ0n) is 27.2. The number of rotatable bonds is 9. The highest BCUT2D eigenvalue weighted by atomic mass is 16.5. The topological polar surface area (TPSA) is 173 Å². The molecule has 4 unspecified atom stereocenters. The quantitative estimate of drug-likeness (QED) is 0.188. The van der Waals surface area contributed by atoms with Crippen molar-refractivity contribution in [3.63, 3.8) is 0 Å². The second-order valence-corrected chi connectivity index (χ2v) is 12.7. The largest absolute Gasteiger partial charge is 0.466 e. The molecule has 4 atom stereocenters. The van der Waals surface area contributed by atoms with Crippen molar-refractivity contribution < 1.29 is 9.53 Å². The van der Waals surface area contributed by atoms with Crippen LogP contribution in [0.15, 0.2) is 48.5 Å². The molecule has 6 rings (SSSR count). The Hall–Kier alpha value is -5.97. The second kappa shape index (κ2) is 12.3. The fourth-order valence-corrected chi connectivity index (χ4v) is 7.75. The molecule has 2 heterocycles. The van der Waals surface area contributed by atoms with E-state index in [-0.39, 0.29) is 47.7 Å². The number of ether oxygens (including phenoxy) is 1. The van der Waals surface area contributed by atoms with Gasteiger partial charge in [0.15, 0.2) is 22.8 Å². The highest BCUT2D eigenvalue weighted by molar-refractivity contribution is 5.82. The molecule has 2 aromatic heterocycles. The minimum Gasteiger partial charge on any atom is -0.466 e. The normalized spacial score (nSPS) is 19.2. The molecule has 0 bridgehead atoms. The number of esters is 1. The van der Waals surface area contributed by atoms with E-state index in [1.807, 2.05) is 61.5 Å². The molecule has 2 aliphatic rings. The average molecular weight is 633 g/mol. The minimum atomic E-state index is -1.02. The van der Waals surface area contributed by atoms with Gasteiger partial charge in [-0.15, -0.1) is 0 Å². The van der Waals surface area contributed by atoms with Crippen LogP contribution in [0.2, 0.25) is 0 Å². The molecule has 0 amide bonds. The standard InChI is InChI=1S/C38H32N8O2/c1-5-22(3)15-37(26-13-9-7-11-24(26)32-34(37)45-30(19-41)28(17-39)43-32)21-38(16-23(4)36(47)48-6-2)27-14-10-8-12-25(27)33-35(38)46-31(20-42)29(18-40)44-33/h7-14,22-23H,5-6,15-16,21H2,1-4H3. The maximum absolute atomic E-state index is 13.4. The zero-order chi connectivity index (χ0) is 34.2. The van der Waals surface area contributed by atoms with E-state index in [1.165, 1.54) is 0 Å². The Morgan fingerprint density at radius 2 is 1.15 bits per heavy atom. The van der Waals surface area contributed by atoms with E-state index in [2.05, 4.69) is 32.1 Å². The molecule has 236 valence electrons. The van der Waals surface area contributed by atoms with E-state index >= 15 is 0 Å². The minimum absolute atomic E-state index is 0.0406. The number of aromatic nitrogens is 4. The molecule has 2 aromatic carbocycles. The highest BCUT2D eigenvalue weighted by Crippen LogP contribution is 2.61. The summed E-state index contributed by atoms with van der Waals surface area (Å²) < 4.78 is 5.50. The first-order valence-electron chi connectivity index (χ1n) is 16.0. The van der Waals surface area contributed by atoms with Crippen LogP contribution < -0.4 is 0 Å². The second-order valence-electron chi connectivity index (χ2n) is 12.7. The van der Waals surface area contributed by atoms with Crippen molar-refractivity contribution in [2.45, 2.75) is 64.2 Å². The number of hydrogen-bond acceptors (Lipinski definition) is 10. The third-order valence-corrected chi connectivity index (χ3v) is 9.86. The summed E-state index contributed by atoms with van der Waals surface area (Å²) in [7, 11) is 0. The maximum Gasteiger partial charge on any atom is 0.308 e. The van der Waals surface area contributed by atoms with Gasteiger partial charge in [0.2, 0.25) is 0 Å². The number of carbonyl (C=O) groups is 1. The van der Waals surface area contributed by atoms with Gasteiger partial charge in [0, 0.05) is 22.0 Å². The average Bonchev–Trinajstić information content (AvgIpc) is 3.52. The van der Waals surface area contributed by atoms with E-state index in [0.29, 0.717) is 35.6 Å². The van der Waals surface area contributed by atoms with Crippen LogP contribution in [0.1, 0.15) is 98.7 Å². The molecule has 0 radical (unpaired) electrons. The summed E-state index contributed by atoms with van der Waals surface area (Å²) in [6.07, 6.45) is 2.06. The lowest BCUT2D eigenvalue weighted by Crippen LogP contribution is -2.42. The van der Waals surface area contributed by atoms with Crippen LogP contribution in [0, 0.1) is 57.2 Å². The van der Waals surface area contributed by atoms with Crippen LogP contribution in [0.25, 0.3) is 22.5 Å². The van der Waals surface area contributed by atoms with Gasteiger partial charge in [-0.05, 0) is 43.2 Å². The number of fused-ring (bicyclic) bond motifs is 6. The Labute approximate surface area is 279 Å². The molecular weight excluding hydrogens is 600 g/mol. The molecule has 0 N–H and O–H groups in total. The van der Waals surface area contributed by atoms with E-state index < -0.39 is 16.7 Å². The van der Waals surface area contributed by atoms with Gasteiger partial charge in [-0.25, -0.2) is 19.9 Å². The molecule has 10 heteroatoms. The number of benzene rings is 2. The van der Waals surface area contributed by atoms with Gasteiger partial charge >= 0.3 is 5.97 Å². The van der Waals surface area contributed by atoms with E-state index in [1.54, 1.807) is 6.92 Å².